The fraction of sp³-hybridized carbons (Fsp3) is 0.294. The van der Waals surface area contributed by atoms with E-state index in [0.717, 1.165) is 22.1 Å². The number of halogens is 2. The fourth-order valence-electron chi connectivity index (χ4n) is 2.86. The van der Waals surface area contributed by atoms with Gasteiger partial charge in [-0.1, -0.05) is 24.3 Å². The second-order valence-electron chi connectivity index (χ2n) is 5.49. The van der Waals surface area contributed by atoms with E-state index in [1.807, 2.05) is 6.07 Å². The monoisotopic (exact) mass is 381 g/mol. The first kappa shape index (κ1) is 13.9. The van der Waals surface area contributed by atoms with Gasteiger partial charge in [0.15, 0.2) is 0 Å². The van der Waals surface area contributed by atoms with E-state index >= 15 is 0 Å². The van der Waals surface area contributed by atoms with Crippen LogP contribution < -0.4 is 5.32 Å². The number of benzene rings is 2. The maximum absolute atomic E-state index is 13.1. The minimum absolute atomic E-state index is 0.175. The number of rotatable bonds is 3. The molecule has 3 heteroatoms. The predicted molar refractivity (Wildman–Crippen MR) is 89.7 cm³/mol. The molecular formula is C17H17FIN. The van der Waals surface area contributed by atoms with E-state index in [2.05, 4.69) is 59.1 Å². The maximum Gasteiger partial charge on any atom is 0.124 e. The van der Waals surface area contributed by atoms with Crippen molar-refractivity contribution >= 4 is 28.3 Å². The van der Waals surface area contributed by atoms with Gasteiger partial charge in [0.05, 0.1) is 0 Å². The summed E-state index contributed by atoms with van der Waals surface area (Å²) in [6.07, 6.45) is 2.30. The largest absolute Gasteiger partial charge is 0.381 e. The van der Waals surface area contributed by atoms with Gasteiger partial charge in [-0.25, -0.2) is 4.39 Å². The third-order valence-electron chi connectivity index (χ3n) is 4.06. The van der Waals surface area contributed by atoms with E-state index in [1.54, 1.807) is 6.07 Å². The van der Waals surface area contributed by atoms with Crippen molar-refractivity contribution in [2.45, 2.75) is 31.7 Å². The molecule has 1 nitrogen and oxygen atoms in total. The van der Waals surface area contributed by atoms with Crippen molar-refractivity contribution in [2.75, 3.05) is 5.32 Å². The molecule has 0 bridgehead atoms. The molecule has 0 aliphatic heterocycles. The van der Waals surface area contributed by atoms with Crippen LogP contribution in [0.25, 0.3) is 0 Å². The van der Waals surface area contributed by atoms with Crippen molar-refractivity contribution < 1.29 is 4.39 Å². The molecule has 1 N–H and O–H groups in total. The second-order valence-corrected chi connectivity index (χ2v) is 6.65. The Bertz CT molecular complexity index is 620. The van der Waals surface area contributed by atoms with Crippen LogP contribution in [0.4, 0.5) is 10.1 Å². The van der Waals surface area contributed by atoms with Crippen LogP contribution in [0.15, 0.2) is 42.5 Å². The van der Waals surface area contributed by atoms with Crippen LogP contribution in [0.5, 0.6) is 0 Å². The highest BCUT2D eigenvalue weighted by atomic mass is 127. The molecule has 1 saturated carbocycles. The van der Waals surface area contributed by atoms with Crippen molar-refractivity contribution in [3.05, 3.63) is 63.0 Å². The highest BCUT2D eigenvalue weighted by Gasteiger charge is 2.31. The van der Waals surface area contributed by atoms with Gasteiger partial charge in [0.1, 0.15) is 5.82 Å². The number of hydrogen-bond acceptors (Lipinski definition) is 1. The Morgan fingerprint density at radius 2 is 1.90 bits per heavy atom. The first-order valence-electron chi connectivity index (χ1n) is 6.90. The lowest BCUT2D eigenvalue weighted by atomic mass is 9.74. The van der Waals surface area contributed by atoms with Gasteiger partial charge in [-0.15, -0.1) is 0 Å². The van der Waals surface area contributed by atoms with Gasteiger partial charge < -0.3 is 5.32 Å². The quantitative estimate of drug-likeness (QED) is 0.730. The molecule has 0 amide bonds. The zero-order chi connectivity index (χ0) is 14.1. The number of hydrogen-bond donors (Lipinski definition) is 1. The van der Waals surface area contributed by atoms with E-state index in [1.165, 1.54) is 17.2 Å². The smallest absolute Gasteiger partial charge is 0.124 e. The summed E-state index contributed by atoms with van der Waals surface area (Å²) in [6, 6.07) is 14.0. The third kappa shape index (κ3) is 2.82. The molecule has 0 atom stereocenters. The van der Waals surface area contributed by atoms with Crippen molar-refractivity contribution in [3.63, 3.8) is 0 Å². The minimum Gasteiger partial charge on any atom is -0.381 e. The highest BCUT2D eigenvalue weighted by molar-refractivity contribution is 14.1. The minimum atomic E-state index is -0.175. The molecule has 0 radical (unpaired) electrons. The van der Waals surface area contributed by atoms with Gasteiger partial charge >= 0.3 is 0 Å². The summed E-state index contributed by atoms with van der Waals surface area (Å²) in [4.78, 5) is 0. The summed E-state index contributed by atoms with van der Waals surface area (Å²) < 4.78 is 14.0. The van der Waals surface area contributed by atoms with E-state index < -0.39 is 0 Å². The summed E-state index contributed by atoms with van der Waals surface area (Å²) in [6.45, 7) is 2.18. The van der Waals surface area contributed by atoms with Crippen LogP contribution in [0, 0.1) is 16.3 Å². The van der Waals surface area contributed by atoms with E-state index in [-0.39, 0.29) is 5.82 Å². The molecule has 2 aromatic carbocycles. The van der Waals surface area contributed by atoms with Crippen LogP contribution in [-0.4, -0.2) is 6.04 Å². The lowest BCUT2D eigenvalue weighted by molar-refractivity contribution is 0.373. The molecule has 0 spiro atoms. The van der Waals surface area contributed by atoms with Gasteiger partial charge in [-0.2, -0.15) is 0 Å². The molecule has 104 valence electrons. The molecule has 0 heterocycles. The van der Waals surface area contributed by atoms with Crippen LogP contribution >= 0.6 is 22.6 Å². The molecular weight excluding hydrogens is 364 g/mol. The normalized spacial score (nSPS) is 21.4. The first-order chi connectivity index (χ1) is 9.63. The molecule has 0 saturated heterocycles. The highest BCUT2D eigenvalue weighted by Crippen LogP contribution is 2.40. The first-order valence-corrected chi connectivity index (χ1v) is 7.98. The van der Waals surface area contributed by atoms with Gasteiger partial charge in [0.25, 0.3) is 0 Å². The molecule has 3 rings (SSSR count). The number of anilines is 1. The Morgan fingerprint density at radius 3 is 2.60 bits per heavy atom. The summed E-state index contributed by atoms with van der Waals surface area (Å²) in [7, 11) is 0. The van der Waals surface area contributed by atoms with Gasteiger partial charge in [-0.05, 0) is 77.6 Å². The van der Waals surface area contributed by atoms with Gasteiger partial charge in [-0.3, -0.25) is 0 Å². The molecule has 1 aliphatic carbocycles. The van der Waals surface area contributed by atoms with Crippen molar-refractivity contribution in [2.24, 2.45) is 0 Å². The summed E-state index contributed by atoms with van der Waals surface area (Å²) in [5.74, 6) is 0.484. The van der Waals surface area contributed by atoms with Crippen LogP contribution in [-0.2, 0) is 0 Å². The second kappa shape index (κ2) is 5.72. The Hall–Kier alpha value is -1.10. The average Bonchev–Trinajstić information content (AvgIpc) is 2.37. The standard InChI is InChI=1S/C17H17FIN/c1-11-4-2-3-5-15(11)12-8-14(9-12)20-17-7-6-13(18)10-16(17)19/h2-7,10,12,14,20H,8-9H2,1H3. The van der Waals surface area contributed by atoms with Crippen LogP contribution in [0.2, 0.25) is 0 Å². The summed E-state index contributed by atoms with van der Waals surface area (Å²) >= 11 is 2.18. The topological polar surface area (TPSA) is 12.0 Å². The van der Waals surface area contributed by atoms with Crippen molar-refractivity contribution in [1.82, 2.24) is 0 Å². The van der Waals surface area contributed by atoms with E-state index in [4.69, 9.17) is 0 Å². The summed E-state index contributed by atoms with van der Waals surface area (Å²) in [5.41, 5.74) is 3.90. The molecule has 1 aliphatic rings. The molecule has 0 unspecified atom stereocenters. The zero-order valence-corrected chi connectivity index (χ0v) is 13.5. The average molecular weight is 381 g/mol. The van der Waals surface area contributed by atoms with Gasteiger partial charge in [0.2, 0.25) is 0 Å². The number of aryl methyl sites for hydroxylation is 1. The third-order valence-corrected chi connectivity index (χ3v) is 4.95. The van der Waals surface area contributed by atoms with E-state index in [9.17, 15) is 4.39 Å². The predicted octanol–water partition coefficient (Wildman–Crippen LogP) is 5.10. The maximum atomic E-state index is 13.1. The molecule has 2 aromatic rings. The fourth-order valence-corrected chi connectivity index (χ4v) is 3.49. The Kier molecular flexibility index (Phi) is 3.96. The van der Waals surface area contributed by atoms with Crippen molar-refractivity contribution in [1.29, 1.82) is 0 Å². The van der Waals surface area contributed by atoms with Crippen LogP contribution in [0.3, 0.4) is 0 Å². The van der Waals surface area contributed by atoms with Crippen LogP contribution in [0.1, 0.15) is 29.9 Å². The zero-order valence-electron chi connectivity index (χ0n) is 11.4. The Balaban J connectivity index is 1.62. The summed E-state index contributed by atoms with van der Waals surface area (Å²) in [5, 5.41) is 3.52. The van der Waals surface area contributed by atoms with E-state index in [0.29, 0.717) is 12.0 Å². The number of nitrogens with one attached hydrogen (secondary N) is 1. The lowest BCUT2D eigenvalue weighted by Gasteiger charge is -2.37. The lowest BCUT2D eigenvalue weighted by Crippen LogP contribution is -2.34. The van der Waals surface area contributed by atoms with Crippen molar-refractivity contribution in [3.8, 4) is 0 Å². The molecule has 20 heavy (non-hydrogen) atoms. The van der Waals surface area contributed by atoms with Gasteiger partial charge in [0, 0.05) is 15.3 Å². The Labute approximate surface area is 132 Å². The molecule has 0 aromatic heterocycles. The Morgan fingerprint density at radius 1 is 1.15 bits per heavy atom. The molecule has 1 fully saturated rings. The SMILES string of the molecule is Cc1ccccc1C1CC(Nc2ccc(F)cc2I)C1.